The van der Waals surface area contributed by atoms with Crippen LogP contribution in [-0.2, 0) is 54.6 Å². The number of anilines is 2. The molecule has 0 atom stereocenters. The van der Waals surface area contributed by atoms with E-state index in [0.717, 1.165) is 61.1 Å². The van der Waals surface area contributed by atoms with Gasteiger partial charge in [0.1, 0.15) is 0 Å². The molecule has 0 amide bonds. The fourth-order valence-corrected chi connectivity index (χ4v) is 9.52. The van der Waals surface area contributed by atoms with Gasteiger partial charge in [0.2, 0.25) is 0 Å². The molecule has 6 aromatic carbocycles. The average Bonchev–Trinajstić information content (AvgIpc) is 4.14. The van der Waals surface area contributed by atoms with E-state index in [4.69, 9.17) is 0 Å². The van der Waals surface area contributed by atoms with Crippen LogP contribution in [-0.4, -0.2) is 16.8 Å². The number of unbranched alkanes of at least 4 members (excludes halogenated alkanes) is 18. The van der Waals surface area contributed by atoms with Crippen molar-refractivity contribution in [1.82, 2.24) is 0 Å². The van der Waals surface area contributed by atoms with Crippen LogP contribution in [0.3, 0.4) is 0 Å². The molecule has 0 unspecified atom stereocenters. The van der Waals surface area contributed by atoms with Crippen molar-refractivity contribution in [3.05, 3.63) is 180 Å². The molecule has 0 aliphatic rings. The second-order valence-corrected chi connectivity index (χ2v) is 20.7. The van der Waals surface area contributed by atoms with Crippen LogP contribution in [0, 0.1) is 35.4 Å². The SMILES string of the molecule is CCCCCCCCCCCCc1ccc(S(=O)(=O)Nc2ccc(F)[c-]c2F)cc1.CCCCCCCCCCCCc1ccc(S(=O)(=O)Nc2ccc(F)[c-]c2F)cc1.[Ti+4].c1cc[cH-]c1.c1cc[cH-]c1. The summed E-state index contributed by atoms with van der Waals surface area (Å²) in [6.45, 7) is 4.47. The third kappa shape index (κ3) is 27.8. The molecule has 0 saturated carbocycles. The van der Waals surface area contributed by atoms with E-state index in [1.807, 2.05) is 72.8 Å². The van der Waals surface area contributed by atoms with Gasteiger partial charge in [0, 0.05) is 23.3 Å². The summed E-state index contributed by atoms with van der Waals surface area (Å²) in [5, 5.41) is 0. The summed E-state index contributed by atoms with van der Waals surface area (Å²) in [5.41, 5.74) is 1.50. The maximum atomic E-state index is 13.7. The number of sulfonamides is 2. The van der Waals surface area contributed by atoms with Crippen molar-refractivity contribution < 1.29 is 56.1 Å². The Morgan fingerprint density at radius 2 is 0.690 bits per heavy atom. The maximum absolute atomic E-state index is 13.7. The van der Waals surface area contributed by atoms with E-state index in [2.05, 4.69) is 23.3 Å². The topological polar surface area (TPSA) is 92.3 Å². The Kier molecular flexibility index (Phi) is 32.9. The summed E-state index contributed by atoms with van der Waals surface area (Å²) in [4.78, 5) is 0.0797. The van der Waals surface area contributed by atoms with Gasteiger partial charge in [-0.05, 0) is 72.5 Å². The molecule has 0 bridgehead atoms. The van der Waals surface area contributed by atoms with Crippen LogP contribution in [0.15, 0.2) is 143 Å². The van der Waals surface area contributed by atoms with Crippen LogP contribution in [0.5, 0.6) is 0 Å². The Morgan fingerprint density at radius 1 is 0.408 bits per heavy atom. The predicted octanol–water partition coefficient (Wildman–Crippen LogP) is 16.9. The Morgan fingerprint density at radius 3 is 0.944 bits per heavy atom. The molecule has 71 heavy (non-hydrogen) atoms. The van der Waals surface area contributed by atoms with Gasteiger partial charge in [-0.15, -0.1) is 36.4 Å². The normalized spacial score (nSPS) is 10.9. The van der Waals surface area contributed by atoms with Gasteiger partial charge in [-0.1, -0.05) is 154 Å². The van der Waals surface area contributed by atoms with Gasteiger partial charge in [-0.2, -0.15) is 36.4 Å². The second-order valence-electron chi connectivity index (χ2n) is 17.4. The molecule has 13 heteroatoms. The molecule has 384 valence electrons. The van der Waals surface area contributed by atoms with Gasteiger partial charge >= 0.3 is 21.7 Å². The molecule has 0 aromatic heterocycles. The zero-order chi connectivity index (χ0) is 50.7. The summed E-state index contributed by atoms with van der Waals surface area (Å²) in [7, 11) is -7.88. The minimum Gasteiger partial charge on any atom is -0.330 e. The van der Waals surface area contributed by atoms with Gasteiger partial charge < -0.3 is 9.44 Å². The number of hydrogen-bond donors (Lipinski definition) is 2. The number of benzene rings is 4. The van der Waals surface area contributed by atoms with Crippen molar-refractivity contribution in [2.24, 2.45) is 0 Å². The molecular weight excluding hydrogens is 977 g/mol. The van der Waals surface area contributed by atoms with Gasteiger partial charge in [0.15, 0.2) is 0 Å². The Labute approximate surface area is 439 Å². The van der Waals surface area contributed by atoms with E-state index >= 15 is 0 Å². The zero-order valence-electron chi connectivity index (χ0n) is 41.7. The van der Waals surface area contributed by atoms with Crippen LogP contribution in [0.25, 0.3) is 0 Å². The number of hydrogen-bond acceptors (Lipinski definition) is 4. The van der Waals surface area contributed by atoms with Crippen molar-refractivity contribution in [2.75, 3.05) is 9.44 Å². The first-order chi connectivity index (χ1) is 33.8. The average molecular weight is 1050 g/mol. The Hall–Kier alpha value is -4.49. The van der Waals surface area contributed by atoms with Crippen LogP contribution in [0.1, 0.15) is 153 Å². The Balaban J connectivity index is 0.000000399. The van der Waals surface area contributed by atoms with E-state index in [9.17, 15) is 34.4 Å². The molecular formula is C58H74F4N2O4S2Ti. The number of nitrogens with one attached hydrogen (secondary N) is 2. The van der Waals surface area contributed by atoms with Gasteiger partial charge in [0.05, 0.1) is 9.79 Å². The van der Waals surface area contributed by atoms with Crippen LogP contribution in [0.2, 0.25) is 0 Å². The molecule has 0 radical (unpaired) electrons. The number of rotatable bonds is 28. The van der Waals surface area contributed by atoms with Crippen molar-refractivity contribution >= 4 is 31.4 Å². The van der Waals surface area contributed by atoms with E-state index < -0.39 is 43.3 Å². The van der Waals surface area contributed by atoms with E-state index in [0.29, 0.717) is 0 Å². The van der Waals surface area contributed by atoms with Crippen LogP contribution in [0.4, 0.5) is 28.9 Å². The molecule has 6 nitrogen and oxygen atoms in total. The molecule has 6 rings (SSSR count). The summed E-state index contributed by atoms with van der Waals surface area (Å²) < 4.78 is 107. The monoisotopic (exact) mass is 1050 g/mol. The van der Waals surface area contributed by atoms with Crippen molar-refractivity contribution in [3.63, 3.8) is 0 Å². The summed E-state index contributed by atoms with van der Waals surface area (Å²) in [6.07, 6.45) is 27.4. The third-order valence-corrected chi connectivity index (χ3v) is 14.2. The summed E-state index contributed by atoms with van der Waals surface area (Å²) >= 11 is 0. The first-order valence-corrected chi connectivity index (χ1v) is 28.1. The van der Waals surface area contributed by atoms with Gasteiger partial charge in [-0.3, -0.25) is 0 Å². The smallest absolute Gasteiger partial charge is 0.330 e. The second kappa shape index (κ2) is 37.3. The molecule has 0 spiro atoms. The third-order valence-electron chi connectivity index (χ3n) is 11.4. The number of aryl methyl sites for hydroxylation is 2. The molecule has 0 saturated heterocycles. The molecule has 0 fully saturated rings. The van der Waals surface area contributed by atoms with Crippen LogP contribution >= 0.6 is 0 Å². The fourth-order valence-electron chi connectivity index (χ4n) is 7.40. The summed E-state index contributed by atoms with van der Waals surface area (Å²) in [6, 6.07) is 40.8. The van der Waals surface area contributed by atoms with Crippen molar-refractivity contribution in [3.8, 4) is 0 Å². The van der Waals surface area contributed by atoms with Gasteiger partial charge in [-0.25, -0.2) is 58.7 Å². The standard InChI is InChI=1S/2C24H32F2NO2S.2C5H5.Ti/c2*1-2-3-4-5-6-7-8-9-10-11-12-20-13-16-22(17-14-20)30(28,29)27-24-18-15-21(25)19-23(24)26;2*1-2-4-5-3-1;/h2*13-18,27H,2-12H2,1H3;2*1-5H;/q4*-1;+4. The zero-order valence-corrected chi connectivity index (χ0v) is 44.9. The van der Waals surface area contributed by atoms with Gasteiger partial charge in [0.25, 0.3) is 20.0 Å². The minimum absolute atomic E-state index is 0. The Bertz CT molecular complexity index is 2240. The first-order valence-electron chi connectivity index (χ1n) is 25.2. The molecule has 0 heterocycles. The quantitative estimate of drug-likeness (QED) is 0.0222. The van der Waals surface area contributed by atoms with Crippen molar-refractivity contribution in [2.45, 2.75) is 165 Å². The predicted molar refractivity (Wildman–Crippen MR) is 280 cm³/mol. The minimum atomic E-state index is -3.94. The maximum Gasteiger partial charge on any atom is 4.00 e. The fraction of sp³-hybridized carbons (Fsp3) is 0.414. The molecule has 0 aliphatic heterocycles. The molecule has 6 aromatic rings. The largest absolute Gasteiger partial charge is 4.00 e. The first kappa shape index (κ1) is 62.6. The molecule has 2 N–H and O–H groups in total. The van der Waals surface area contributed by atoms with Crippen LogP contribution < -0.4 is 9.44 Å². The van der Waals surface area contributed by atoms with E-state index in [1.54, 1.807) is 24.3 Å². The van der Waals surface area contributed by atoms with E-state index in [-0.39, 0.29) is 42.9 Å². The molecule has 0 aliphatic carbocycles. The van der Waals surface area contributed by atoms with E-state index in [1.165, 1.54) is 140 Å². The number of halogens is 4. The van der Waals surface area contributed by atoms with Crippen molar-refractivity contribution in [1.29, 1.82) is 0 Å². The summed E-state index contributed by atoms with van der Waals surface area (Å²) in [5.74, 6) is -3.91.